The number of ether oxygens (including phenoxy) is 2. The molecule has 0 aliphatic carbocycles. The number of carbonyl (C=O) groups excluding carboxylic acids is 1. The van der Waals surface area contributed by atoms with E-state index < -0.39 is 9.84 Å². The normalized spacial score (nSPS) is 22.0. The highest BCUT2D eigenvalue weighted by molar-refractivity contribution is 7.99. The van der Waals surface area contributed by atoms with Crippen molar-refractivity contribution in [1.82, 2.24) is 15.1 Å². The molecule has 162 valence electrons. The minimum absolute atomic E-state index is 0.0175. The second-order valence-electron chi connectivity index (χ2n) is 7.50. The number of rotatable bonds is 7. The van der Waals surface area contributed by atoms with Gasteiger partial charge in [-0.25, -0.2) is 8.42 Å². The van der Waals surface area contributed by atoms with Crippen LogP contribution in [0.3, 0.4) is 0 Å². The van der Waals surface area contributed by atoms with Crippen molar-refractivity contribution < 1.29 is 27.1 Å². The summed E-state index contributed by atoms with van der Waals surface area (Å²) in [5.41, 5.74) is 0. The van der Waals surface area contributed by atoms with Gasteiger partial charge in [-0.1, -0.05) is 23.9 Å². The summed E-state index contributed by atoms with van der Waals surface area (Å²) in [4.78, 5) is 14.0. The number of thioether (sulfide) groups is 1. The van der Waals surface area contributed by atoms with Crippen LogP contribution < -0.4 is 9.47 Å². The van der Waals surface area contributed by atoms with E-state index in [-0.39, 0.29) is 35.2 Å². The lowest BCUT2D eigenvalue weighted by molar-refractivity contribution is -0.128. The number of aromatic nitrogens is 2. The van der Waals surface area contributed by atoms with Crippen LogP contribution in [-0.4, -0.2) is 73.0 Å². The van der Waals surface area contributed by atoms with Gasteiger partial charge in [0.25, 0.3) is 5.22 Å². The highest BCUT2D eigenvalue weighted by atomic mass is 32.2. The van der Waals surface area contributed by atoms with Crippen LogP contribution in [0, 0.1) is 5.92 Å². The third-order valence-corrected chi connectivity index (χ3v) is 7.67. The van der Waals surface area contributed by atoms with Gasteiger partial charge in [-0.2, -0.15) is 0 Å². The minimum Gasteiger partial charge on any atom is -0.486 e. The number of nitrogens with zero attached hydrogens (tertiary/aromatic N) is 3. The average Bonchev–Trinajstić information content (AvgIpc) is 3.31. The molecule has 1 saturated heterocycles. The molecular formula is C19H23N3O6S2. The number of fused-ring (bicyclic) bond motifs is 1. The Morgan fingerprint density at radius 3 is 2.83 bits per heavy atom. The Hall–Kier alpha value is -2.27. The smallest absolute Gasteiger partial charge is 0.277 e. The largest absolute Gasteiger partial charge is 0.486 e. The highest BCUT2D eigenvalue weighted by Crippen LogP contribution is 2.31. The predicted molar refractivity (Wildman–Crippen MR) is 109 cm³/mol. The first-order valence-electron chi connectivity index (χ1n) is 9.66. The van der Waals surface area contributed by atoms with Crippen LogP contribution >= 0.6 is 11.8 Å². The summed E-state index contributed by atoms with van der Waals surface area (Å²) in [6.45, 7) is 0.782. The molecule has 1 amide bonds. The molecule has 2 aromatic rings. The molecule has 3 heterocycles. The fourth-order valence-electron chi connectivity index (χ4n) is 3.45. The van der Waals surface area contributed by atoms with Crippen molar-refractivity contribution in [2.45, 2.75) is 24.2 Å². The van der Waals surface area contributed by atoms with Gasteiger partial charge in [-0.05, 0) is 24.5 Å². The van der Waals surface area contributed by atoms with Crippen molar-refractivity contribution in [3.63, 3.8) is 0 Å². The Morgan fingerprint density at radius 1 is 1.27 bits per heavy atom. The number of para-hydroxylation sites is 2. The van der Waals surface area contributed by atoms with Crippen molar-refractivity contribution in [3.8, 4) is 11.5 Å². The third kappa shape index (κ3) is 5.25. The van der Waals surface area contributed by atoms with Gasteiger partial charge in [0.05, 0.1) is 23.8 Å². The molecule has 30 heavy (non-hydrogen) atoms. The van der Waals surface area contributed by atoms with E-state index in [4.69, 9.17) is 13.9 Å². The van der Waals surface area contributed by atoms with E-state index in [1.165, 1.54) is 0 Å². The van der Waals surface area contributed by atoms with Gasteiger partial charge in [0.15, 0.2) is 27.4 Å². The van der Waals surface area contributed by atoms with Crippen LogP contribution in [0.4, 0.5) is 0 Å². The van der Waals surface area contributed by atoms with E-state index >= 15 is 0 Å². The molecule has 9 nitrogen and oxygen atoms in total. The van der Waals surface area contributed by atoms with Gasteiger partial charge in [-0.3, -0.25) is 4.79 Å². The first-order chi connectivity index (χ1) is 14.4. The zero-order valence-electron chi connectivity index (χ0n) is 16.5. The molecule has 1 aromatic heterocycles. The summed E-state index contributed by atoms with van der Waals surface area (Å²) >= 11 is 1.16. The lowest BCUT2D eigenvalue weighted by Gasteiger charge is -2.29. The van der Waals surface area contributed by atoms with E-state index in [0.717, 1.165) is 11.8 Å². The van der Waals surface area contributed by atoms with Crippen molar-refractivity contribution >= 4 is 27.5 Å². The van der Waals surface area contributed by atoms with Gasteiger partial charge >= 0.3 is 0 Å². The van der Waals surface area contributed by atoms with Gasteiger partial charge < -0.3 is 18.8 Å². The van der Waals surface area contributed by atoms with Crippen molar-refractivity contribution in [2.75, 3.05) is 37.5 Å². The van der Waals surface area contributed by atoms with Crippen LogP contribution in [0.25, 0.3) is 0 Å². The minimum atomic E-state index is -2.93. The predicted octanol–water partition coefficient (Wildman–Crippen LogP) is 1.44. The Balaban J connectivity index is 1.22. The first-order valence-corrected chi connectivity index (χ1v) is 12.5. The Bertz CT molecular complexity index is 1010. The number of hydrogen-bond donors (Lipinski definition) is 0. The number of likely N-dealkylation sites (N-methyl/N-ethyl adjacent to an activating group) is 1. The molecule has 2 aliphatic heterocycles. The molecule has 0 bridgehead atoms. The molecule has 0 spiro atoms. The summed E-state index contributed by atoms with van der Waals surface area (Å²) in [5.74, 6) is 2.26. The topological polar surface area (TPSA) is 112 Å². The maximum absolute atomic E-state index is 12.4. The van der Waals surface area contributed by atoms with Crippen LogP contribution in [0.15, 0.2) is 33.9 Å². The standard InChI is InChI=1S/C19H23N3O6S2/c1-22(9-14-10-26-15-4-2-3-5-16(15)27-14)18(23)11-29-19-21-20-17(28-19)8-13-6-7-30(24,25)12-13/h2-5,13-14H,6-12H2,1H3/t13-,14-/m1/s1. The molecule has 2 atom stereocenters. The second kappa shape index (κ2) is 8.84. The fraction of sp³-hybridized carbons (Fsp3) is 0.526. The molecule has 11 heteroatoms. The summed E-state index contributed by atoms with van der Waals surface area (Å²) in [6.07, 6.45) is 0.825. The summed E-state index contributed by atoms with van der Waals surface area (Å²) in [5, 5.41) is 8.22. The van der Waals surface area contributed by atoms with Crippen LogP contribution in [0.5, 0.6) is 11.5 Å². The first kappa shape index (κ1) is 21.0. The lowest BCUT2D eigenvalue weighted by Crippen LogP contribution is -2.42. The molecular weight excluding hydrogens is 430 g/mol. The van der Waals surface area contributed by atoms with Gasteiger partial charge in [-0.15, -0.1) is 10.2 Å². The van der Waals surface area contributed by atoms with Crippen molar-refractivity contribution in [2.24, 2.45) is 5.92 Å². The molecule has 1 fully saturated rings. The monoisotopic (exact) mass is 453 g/mol. The average molecular weight is 454 g/mol. The highest BCUT2D eigenvalue weighted by Gasteiger charge is 2.29. The van der Waals surface area contributed by atoms with Gasteiger partial charge in [0.1, 0.15) is 6.61 Å². The molecule has 0 saturated carbocycles. The summed E-state index contributed by atoms with van der Waals surface area (Å²) < 4.78 is 40.2. The lowest BCUT2D eigenvalue weighted by atomic mass is 10.1. The molecule has 0 radical (unpaired) electrons. The van der Waals surface area contributed by atoms with Gasteiger partial charge in [0.2, 0.25) is 11.8 Å². The van der Waals surface area contributed by atoms with Gasteiger partial charge in [0, 0.05) is 13.5 Å². The van der Waals surface area contributed by atoms with E-state index in [1.54, 1.807) is 11.9 Å². The molecule has 1 aromatic carbocycles. The zero-order chi connectivity index (χ0) is 21.1. The molecule has 2 aliphatic rings. The Labute approximate surface area is 179 Å². The van der Waals surface area contributed by atoms with Crippen molar-refractivity contribution in [3.05, 3.63) is 30.2 Å². The second-order valence-corrected chi connectivity index (χ2v) is 10.7. The molecule has 0 N–H and O–H groups in total. The Morgan fingerprint density at radius 2 is 2.07 bits per heavy atom. The SMILES string of the molecule is CN(C[C@@H]1COc2ccccc2O1)C(=O)CSc1nnc(C[C@H]2CCS(=O)(=O)C2)o1. The maximum Gasteiger partial charge on any atom is 0.277 e. The fourth-order valence-corrected chi connectivity index (χ4v) is 6.04. The number of carbonyl (C=O) groups is 1. The molecule has 4 rings (SSSR count). The van der Waals surface area contributed by atoms with Crippen LogP contribution in [-0.2, 0) is 21.1 Å². The number of hydrogen-bond acceptors (Lipinski definition) is 9. The number of amides is 1. The summed E-state index contributed by atoms with van der Waals surface area (Å²) in [6, 6.07) is 7.45. The third-order valence-electron chi connectivity index (χ3n) is 5.03. The molecule has 0 unspecified atom stereocenters. The zero-order valence-corrected chi connectivity index (χ0v) is 18.2. The van der Waals surface area contributed by atoms with Crippen molar-refractivity contribution in [1.29, 1.82) is 0 Å². The van der Waals surface area contributed by atoms with E-state index in [1.807, 2.05) is 24.3 Å². The van der Waals surface area contributed by atoms with Crippen LogP contribution in [0.2, 0.25) is 0 Å². The van der Waals surface area contributed by atoms with Crippen LogP contribution in [0.1, 0.15) is 12.3 Å². The quantitative estimate of drug-likeness (QED) is 0.575. The van der Waals surface area contributed by atoms with E-state index in [2.05, 4.69) is 10.2 Å². The van der Waals surface area contributed by atoms with E-state index in [0.29, 0.717) is 48.6 Å². The number of benzene rings is 1. The summed E-state index contributed by atoms with van der Waals surface area (Å²) in [7, 11) is -1.22. The number of sulfone groups is 1. The van der Waals surface area contributed by atoms with E-state index in [9.17, 15) is 13.2 Å². The Kier molecular flexibility index (Phi) is 6.19. The maximum atomic E-state index is 12.4.